The zero-order chi connectivity index (χ0) is 23.4. The van der Waals surface area contributed by atoms with Gasteiger partial charge in [0.15, 0.2) is 11.4 Å². The molecule has 7 unspecified atom stereocenters. The van der Waals surface area contributed by atoms with Crippen LogP contribution in [0.4, 0.5) is 0 Å². The van der Waals surface area contributed by atoms with Crippen LogP contribution in [-0.2, 0) is 25.5 Å². The second-order valence-corrected chi connectivity index (χ2v) is 10.6. The molecule has 170 valence electrons. The van der Waals surface area contributed by atoms with Crippen LogP contribution in [0.3, 0.4) is 0 Å². The van der Waals surface area contributed by atoms with Crippen LogP contribution in [0.15, 0.2) is 18.2 Å². The lowest BCUT2D eigenvalue weighted by Crippen LogP contribution is -2.47. The summed E-state index contributed by atoms with van der Waals surface area (Å²) < 4.78 is 11.3. The molecule has 6 heteroatoms. The maximum atomic E-state index is 13.7. The van der Waals surface area contributed by atoms with Crippen LogP contribution in [0.1, 0.15) is 50.8 Å². The van der Waals surface area contributed by atoms with Gasteiger partial charge in [-0.25, -0.2) is 0 Å². The van der Waals surface area contributed by atoms with E-state index in [4.69, 9.17) is 9.47 Å². The number of hydrogen-bond donors (Lipinski definition) is 1. The van der Waals surface area contributed by atoms with Gasteiger partial charge in [-0.3, -0.25) is 14.4 Å². The van der Waals surface area contributed by atoms with Gasteiger partial charge >= 0.3 is 11.9 Å². The predicted molar refractivity (Wildman–Crippen MR) is 116 cm³/mol. The molecule has 4 aliphatic rings. The molecule has 0 amide bonds. The Hall–Kier alpha value is -2.63. The van der Waals surface area contributed by atoms with Gasteiger partial charge in [0.25, 0.3) is 0 Å². The molecule has 0 bridgehead atoms. The molecular formula is C26H30O6. The fraction of sp³-hybridized carbons (Fsp3) is 0.577. The predicted octanol–water partition coefficient (Wildman–Crippen LogP) is 3.83. The minimum Gasteiger partial charge on any atom is -0.507 e. The second-order valence-electron chi connectivity index (χ2n) is 10.6. The maximum absolute atomic E-state index is 13.7. The summed E-state index contributed by atoms with van der Waals surface area (Å²) in [5.74, 6) is -0.222. The zero-order valence-electron chi connectivity index (χ0n) is 19.4. The fourth-order valence-electron chi connectivity index (χ4n) is 8.24. The van der Waals surface area contributed by atoms with Gasteiger partial charge in [-0.1, -0.05) is 19.1 Å². The van der Waals surface area contributed by atoms with Crippen molar-refractivity contribution in [1.29, 1.82) is 0 Å². The molecular weight excluding hydrogens is 408 g/mol. The number of phenols is 1. The molecule has 0 spiro atoms. The van der Waals surface area contributed by atoms with Gasteiger partial charge in [-0.05, 0) is 73.5 Å². The summed E-state index contributed by atoms with van der Waals surface area (Å²) >= 11 is 0. The highest BCUT2D eigenvalue weighted by Crippen LogP contribution is 2.91. The van der Waals surface area contributed by atoms with Crippen molar-refractivity contribution < 1.29 is 29.0 Å². The number of fused-ring (bicyclic) bond motifs is 4. The highest BCUT2D eigenvalue weighted by atomic mass is 16.6. The molecule has 0 aromatic heterocycles. The van der Waals surface area contributed by atoms with E-state index in [1.165, 1.54) is 13.8 Å². The summed E-state index contributed by atoms with van der Waals surface area (Å²) in [6.07, 6.45) is 5.84. The van der Waals surface area contributed by atoms with E-state index in [-0.39, 0.29) is 46.0 Å². The number of aryl methyl sites for hydroxylation is 1. The largest absolute Gasteiger partial charge is 0.507 e. The number of ketones is 1. The number of ether oxygens (including phenoxy) is 2. The van der Waals surface area contributed by atoms with Crippen molar-refractivity contribution in [3.8, 4) is 11.5 Å². The first-order valence-electron chi connectivity index (χ1n) is 11.3. The van der Waals surface area contributed by atoms with Gasteiger partial charge in [0.1, 0.15) is 11.5 Å². The SMILES string of the molecule is CC(=O)Oc1c(CC23C4C5CC=CC5C2(C)C3C(=O)C4(C)OC(C)=O)cc(C)c(O)c1C. The van der Waals surface area contributed by atoms with Crippen LogP contribution in [0.2, 0.25) is 0 Å². The molecule has 0 heterocycles. The van der Waals surface area contributed by atoms with E-state index in [2.05, 4.69) is 19.1 Å². The van der Waals surface area contributed by atoms with E-state index in [9.17, 15) is 19.5 Å². The number of carbonyl (C=O) groups is 3. The van der Waals surface area contributed by atoms with Gasteiger partial charge in [0.05, 0.1) is 0 Å². The van der Waals surface area contributed by atoms with Gasteiger partial charge in [0.2, 0.25) is 0 Å². The topological polar surface area (TPSA) is 89.9 Å². The maximum Gasteiger partial charge on any atom is 0.308 e. The molecule has 7 atom stereocenters. The van der Waals surface area contributed by atoms with Gasteiger partial charge in [-0.15, -0.1) is 0 Å². The van der Waals surface area contributed by atoms with Crippen LogP contribution < -0.4 is 4.74 Å². The van der Waals surface area contributed by atoms with E-state index < -0.39 is 17.5 Å². The Labute approximate surface area is 188 Å². The number of allylic oxidation sites excluding steroid dienone is 2. The number of phenolic OH excluding ortho intramolecular Hbond substituents is 1. The third-order valence-electron chi connectivity index (χ3n) is 9.10. The summed E-state index contributed by atoms with van der Waals surface area (Å²) in [6, 6.07) is 1.87. The van der Waals surface area contributed by atoms with Crippen molar-refractivity contribution >= 4 is 17.7 Å². The summed E-state index contributed by atoms with van der Waals surface area (Å²) in [7, 11) is 0. The minimum absolute atomic E-state index is 0.0178. The molecule has 1 N–H and O–H groups in total. The lowest BCUT2D eigenvalue weighted by atomic mass is 9.72. The molecule has 1 aromatic carbocycles. The van der Waals surface area contributed by atoms with Crippen LogP contribution >= 0.6 is 0 Å². The van der Waals surface area contributed by atoms with Crippen molar-refractivity contribution in [2.24, 2.45) is 34.5 Å². The Morgan fingerprint density at radius 1 is 1.19 bits per heavy atom. The first kappa shape index (κ1) is 21.2. The molecule has 3 saturated carbocycles. The number of carbonyl (C=O) groups excluding carboxylic acids is 3. The van der Waals surface area contributed by atoms with Crippen molar-refractivity contribution in [2.45, 2.75) is 60.0 Å². The fourth-order valence-corrected chi connectivity index (χ4v) is 8.24. The lowest BCUT2D eigenvalue weighted by molar-refractivity contribution is -0.170. The number of esters is 2. The van der Waals surface area contributed by atoms with Crippen LogP contribution in [0.5, 0.6) is 11.5 Å². The second kappa shape index (κ2) is 6.24. The standard InChI is InChI=1S/C26H30O6/c1-12-10-16(20(31-14(3)27)13(2)19(12)29)11-26-21-17-8-7-9-18(17)24(26,5)22(26)23(30)25(21,6)32-15(4)28/h7,9-10,17-18,21-22,29H,8,11H2,1-6H3. The Bertz CT molecular complexity index is 1120. The number of Topliss-reactive ketones (excluding diaryl/α,β-unsaturated/α-hetero) is 1. The molecule has 1 aromatic rings. The van der Waals surface area contributed by atoms with Gasteiger partial charge in [0, 0.05) is 31.2 Å². The number of rotatable bonds is 4. The normalized spacial score (nSPS) is 40.2. The van der Waals surface area contributed by atoms with Crippen molar-refractivity contribution in [3.05, 3.63) is 34.9 Å². The summed E-state index contributed by atoms with van der Waals surface area (Å²) in [5.41, 5.74) is 0.290. The molecule has 4 aliphatic carbocycles. The Balaban J connectivity index is 1.67. The first-order valence-corrected chi connectivity index (χ1v) is 11.3. The quantitative estimate of drug-likeness (QED) is 0.437. The smallest absolute Gasteiger partial charge is 0.308 e. The summed E-state index contributed by atoms with van der Waals surface area (Å²) in [4.78, 5) is 37.6. The highest BCUT2D eigenvalue weighted by Gasteiger charge is 2.94. The van der Waals surface area contributed by atoms with Crippen LogP contribution in [0.25, 0.3) is 0 Å². The zero-order valence-corrected chi connectivity index (χ0v) is 19.4. The molecule has 0 radical (unpaired) electrons. The average Bonchev–Trinajstić information content (AvgIpc) is 3.00. The van der Waals surface area contributed by atoms with Gasteiger partial charge < -0.3 is 14.6 Å². The summed E-state index contributed by atoms with van der Waals surface area (Å²) in [6.45, 7) is 10.2. The van der Waals surface area contributed by atoms with E-state index >= 15 is 0 Å². The van der Waals surface area contributed by atoms with E-state index in [1.807, 2.05) is 13.0 Å². The van der Waals surface area contributed by atoms with Crippen molar-refractivity contribution in [1.82, 2.24) is 0 Å². The van der Waals surface area contributed by atoms with E-state index in [0.717, 1.165) is 12.0 Å². The third kappa shape index (κ3) is 2.23. The van der Waals surface area contributed by atoms with E-state index in [0.29, 0.717) is 23.3 Å². The minimum atomic E-state index is -1.15. The molecule has 0 saturated heterocycles. The van der Waals surface area contributed by atoms with Crippen LogP contribution in [0, 0.1) is 48.3 Å². The highest BCUT2D eigenvalue weighted by molar-refractivity contribution is 6.00. The number of hydrogen-bond acceptors (Lipinski definition) is 6. The molecule has 32 heavy (non-hydrogen) atoms. The van der Waals surface area contributed by atoms with Gasteiger partial charge in [-0.2, -0.15) is 0 Å². The number of benzene rings is 1. The Morgan fingerprint density at radius 3 is 2.50 bits per heavy atom. The molecule has 3 fully saturated rings. The van der Waals surface area contributed by atoms with Crippen LogP contribution in [-0.4, -0.2) is 28.4 Å². The lowest BCUT2D eigenvalue weighted by Gasteiger charge is -2.37. The van der Waals surface area contributed by atoms with E-state index in [1.54, 1.807) is 13.8 Å². The average molecular weight is 439 g/mol. The number of aromatic hydroxyl groups is 1. The molecule has 0 aliphatic heterocycles. The van der Waals surface area contributed by atoms with Crippen molar-refractivity contribution in [2.75, 3.05) is 0 Å². The molecule has 6 nitrogen and oxygen atoms in total. The summed E-state index contributed by atoms with van der Waals surface area (Å²) in [5, 5.41) is 10.5. The Kier molecular flexibility index (Phi) is 4.14. The third-order valence-corrected chi connectivity index (χ3v) is 9.10. The van der Waals surface area contributed by atoms with Crippen molar-refractivity contribution in [3.63, 3.8) is 0 Å². The monoisotopic (exact) mass is 438 g/mol. The Morgan fingerprint density at radius 2 is 1.88 bits per heavy atom. The first-order chi connectivity index (χ1) is 14.9. The molecule has 5 rings (SSSR count).